The summed E-state index contributed by atoms with van der Waals surface area (Å²) in [5.41, 5.74) is 7.18. The highest BCUT2D eigenvalue weighted by molar-refractivity contribution is 5.44. The van der Waals surface area contributed by atoms with Gasteiger partial charge in [-0.3, -0.25) is 0 Å². The fourth-order valence-corrected chi connectivity index (χ4v) is 2.53. The second kappa shape index (κ2) is 5.41. The van der Waals surface area contributed by atoms with Crippen molar-refractivity contribution >= 4 is 0 Å². The predicted molar refractivity (Wildman–Crippen MR) is 68.7 cm³/mol. The second-order valence-electron chi connectivity index (χ2n) is 4.65. The molecule has 1 saturated carbocycles. The summed E-state index contributed by atoms with van der Waals surface area (Å²) in [6.45, 7) is 0.708. The van der Waals surface area contributed by atoms with E-state index in [1.54, 1.807) is 14.2 Å². The molecule has 0 radical (unpaired) electrons. The lowest BCUT2D eigenvalue weighted by Crippen LogP contribution is -2.26. The van der Waals surface area contributed by atoms with Crippen molar-refractivity contribution in [3.05, 3.63) is 23.8 Å². The summed E-state index contributed by atoms with van der Waals surface area (Å²) < 4.78 is 10.6. The summed E-state index contributed by atoms with van der Waals surface area (Å²) in [5.74, 6) is 2.78. The Kier molecular flexibility index (Phi) is 3.89. The molecule has 94 valence electrons. The maximum absolute atomic E-state index is 5.91. The van der Waals surface area contributed by atoms with Crippen LogP contribution < -0.4 is 15.2 Å². The van der Waals surface area contributed by atoms with Gasteiger partial charge in [0.2, 0.25) is 0 Å². The van der Waals surface area contributed by atoms with E-state index in [1.165, 1.54) is 24.8 Å². The lowest BCUT2D eigenvalue weighted by atomic mass is 9.73. The number of benzene rings is 1. The first-order valence-corrected chi connectivity index (χ1v) is 6.22. The van der Waals surface area contributed by atoms with Crippen molar-refractivity contribution in [1.29, 1.82) is 0 Å². The van der Waals surface area contributed by atoms with Crippen LogP contribution in [0.5, 0.6) is 11.5 Å². The van der Waals surface area contributed by atoms with Crippen molar-refractivity contribution in [3.63, 3.8) is 0 Å². The zero-order chi connectivity index (χ0) is 12.3. The second-order valence-corrected chi connectivity index (χ2v) is 4.65. The number of ether oxygens (including phenoxy) is 2. The summed E-state index contributed by atoms with van der Waals surface area (Å²) in [7, 11) is 3.33. The third-order valence-electron chi connectivity index (χ3n) is 3.81. The van der Waals surface area contributed by atoms with Crippen LogP contribution in [0.1, 0.15) is 30.7 Å². The summed E-state index contributed by atoms with van der Waals surface area (Å²) in [6, 6.07) is 6.14. The molecule has 1 aliphatic rings. The Labute approximate surface area is 103 Å². The first-order valence-electron chi connectivity index (χ1n) is 6.22. The Morgan fingerprint density at radius 1 is 1.24 bits per heavy atom. The van der Waals surface area contributed by atoms with E-state index in [0.29, 0.717) is 12.5 Å². The maximum Gasteiger partial charge on any atom is 0.160 e. The average Bonchev–Trinajstić information content (AvgIpc) is 2.32. The van der Waals surface area contributed by atoms with Crippen LogP contribution in [0.15, 0.2) is 18.2 Å². The SMILES string of the molecule is COc1ccc(C(CN)C2CCC2)cc1OC. The van der Waals surface area contributed by atoms with E-state index >= 15 is 0 Å². The van der Waals surface area contributed by atoms with E-state index in [9.17, 15) is 0 Å². The lowest BCUT2D eigenvalue weighted by molar-refractivity contribution is 0.263. The molecule has 1 fully saturated rings. The zero-order valence-electron chi connectivity index (χ0n) is 10.6. The number of nitrogens with two attached hydrogens (primary N) is 1. The maximum atomic E-state index is 5.91. The van der Waals surface area contributed by atoms with Gasteiger partial charge >= 0.3 is 0 Å². The quantitative estimate of drug-likeness (QED) is 0.853. The van der Waals surface area contributed by atoms with Gasteiger partial charge in [-0.15, -0.1) is 0 Å². The van der Waals surface area contributed by atoms with Gasteiger partial charge in [0.25, 0.3) is 0 Å². The van der Waals surface area contributed by atoms with Crippen LogP contribution in [0.4, 0.5) is 0 Å². The highest BCUT2D eigenvalue weighted by atomic mass is 16.5. The standard InChI is InChI=1S/C14H21NO2/c1-16-13-7-6-11(8-14(13)17-2)12(9-15)10-4-3-5-10/h6-8,10,12H,3-5,9,15H2,1-2H3. The van der Waals surface area contributed by atoms with E-state index in [4.69, 9.17) is 15.2 Å². The van der Waals surface area contributed by atoms with Crippen molar-refractivity contribution in [2.24, 2.45) is 11.7 Å². The van der Waals surface area contributed by atoms with Crippen LogP contribution in [0.3, 0.4) is 0 Å². The van der Waals surface area contributed by atoms with Crippen LogP contribution in [-0.2, 0) is 0 Å². The normalized spacial score (nSPS) is 17.4. The molecule has 1 atom stereocenters. The first-order chi connectivity index (χ1) is 8.30. The van der Waals surface area contributed by atoms with Crippen molar-refractivity contribution in [2.45, 2.75) is 25.2 Å². The molecule has 17 heavy (non-hydrogen) atoms. The molecule has 0 aliphatic heterocycles. The Hall–Kier alpha value is -1.22. The van der Waals surface area contributed by atoms with Crippen LogP contribution in [0, 0.1) is 5.92 Å². The molecule has 0 aromatic heterocycles. The molecule has 1 aromatic rings. The van der Waals surface area contributed by atoms with E-state index < -0.39 is 0 Å². The van der Waals surface area contributed by atoms with Crippen LogP contribution >= 0.6 is 0 Å². The van der Waals surface area contributed by atoms with Crippen molar-refractivity contribution in [3.8, 4) is 11.5 Å². The molecule has 0 amide bonds. The molecule has 2 rings (SSSR count). The van der Waals surface area contributed by atoms with Gasteiger partial charge in [-0.1, -0.05) is 12.5 Å². The molecule has 3 heteroatoms. The summed E-state index contributed by atoms with van der Waals surface area (Å²) in [4.78, 5) is 0. The van der Waals surface area contributed by atoms with Gasteiger partial charge < -0.3 is 15.2 Å². The van der Waals surface area contributed by atoms with Gasteiger partial charge in [0.05, 0.1) is 14.2 Å². The van der Waals surface area contributed by atoms with Gasteiger partial charge in [-0.25, -0.2) is 0 Å². The smallest absolute Gasteiger partial charge is 0.160 e. The zero-order valence-corrected chi connectivity index (χ0v) is 10.6. The van der Waals surface area contributed by atoms with Crippen LogP contribution in [0.2, 0.25) is 0 Å². The third kappa shape index (κ3) is 2.39. The number of rotatable bonds is 5. The first kappa shape index (κ1) is 12.2. The topological polar surface area (TPSA) is 44.5 Å². The minimum absolute atomic E-state index is 0.462. The average molecular weight is 235 g/mol. The van der Waals surface area contributed by atoms with Crippen molar-refractivity contribution in [1.82, 2.24) is 0 Å². The molecule has 0 saturated heterocycles. The van der Waals surface area contributed by atoms with Crippen molar-refractivity contribution < 1.29 is 9.47 Å². The molecule has 0 bridgehead atoms. The van der Waals surface area contributed by atoms with E-state index in [1.807, 2.05) is 6.07 Å². The molecule has 0 heterocycles. The monoisotopic (exact) mass is 235 g/mol. The fourth-order valence-electron chi connectivity index (χ4n) is 2.53. The summed E-state index contributed by atoms with van der Waals surface area (Å²) in [6.07, 6.45) is 3.95. The molecular weight excluding hydrogens is 214 g/mol. The fraction of sp³-hybridized carbons (Fsp3) is 0.571. The number of hydrogen-bond acceptors (Lipinski definition) is 3. The number of methoxy groups -OCH3 is 2. The van der Waals surface area contributed by atoms with Gasteiger partial charge in [0.15, 0.2) is 11.5 Å². The minimum atomic E-state index is 0.462. The molecule has 3 nitrogen and oxygen atoms in total. The Morgan fingerprint density at radius 2 is 1.94 bits per heavy atom. The Morgan fingerprint density at radius 3 is 2.41 bits per heavy atom. The number of hydrogen-bond donors (Lipinski definition) is 1. The Balaban J connectivity index is 2.24. The van der Waals surface area contributed by atoms with E-state index in [2.05, 4.69) is 12.1 Å². The highest BCUT2D eigenvalue weighted by Gasteiger charge is 2.27. The Bertz CT molecular complexity index is 374. The van der Waals surface area contributed by atoms with Gasteiger partial charge in [0.1, 0.15) is 0 Å². The molecular formula is C14H21NO2. The summed E-state index contributed by atoms with van der Waals surface area (Å²) >= 11 is 0. The molecule has 1 unspecified atom stereocenters. The van der Waals surface area contributed by atoms with Crippen LogP contribution in [-0.4, -0.2) is 20.8 Å². The largest absolute Gasteiger partial charge is 0.493 e. The predicted octanol–water partition coefficient (Wildman–Crippen LogP) is 2.55. The lowest BCUT2D eigenvalue weighted by Gasteiger charge is -2.33. The van der Waals surface area contributed by atoms with Crippen molar-refractivity contribution in [2.75, 3.05) is 20.8 Å². The third-order valence-corrected chi connectivity index (χ3v) is 3.81. The van der Waals surface area contributed by atoms with E-state index in [-0.39, 0.29) is 0 Å². The molecule has 1 aliphatic carbocycles. The van der Waals surface area contributed by atoms with Crippen LogP contribution in [0.25, 0.3) is 0 Å². The highest BCUT2D eigenvalue weighted by Crippen LogP contribution is 2.40. The summed E-state index contributed by atoms with van der Waals surface area (Å²) in [5, 5.41) is 0. The van der Waals surface area contributed by atoms with Gasteiger partial charge in [-0.2, -0.15) is 0 Å². The van der Waals surface area contributed by atoms with Gasteiger partial charge in [0, 0.05) is 0 Å². The minimum Gasteiger partial charge on any atom is -0.493 e. The van der Waals surface area contributed by atoms with E-state index in [0.717, 1.165) is 17.4 Å². The molecule has 2 N–H and O–H groups in total. The molecule has 0 spiro atoms. The van der Waals surface area contributed by atoms with Gasteiger partial charge in [-0.05, 0) is 48.9 Å². The molecule has 1 aromatic carbocycles.